The fourth-order valence-corrected chi connectivity index (χ4v) is 1.96. The molecule has 0 atom stereocenters. The van der Waals surface area contributed by atoms with Crippen LogP contribution in [0.5, 0.6) is 0 Å². The standard InChI is InChI=1S/C16H14BrN3O2/c17-12-7-5-11(6-8-12)9-10-19-16(22)20-15(21)13-3-1-2-4-14(13)18/h1-10H,18H2,(H2,19,20,21,22)/b10-9+. The summed E-state index contributed by atoms with van der Waals surface area (Å²) in [5.74, 6) is -0.548. The Kier molecular flexibility index (Phi) is 5.32. The molecular weight excluding hydrogens is 346 g/mol. The Bertz CT molecular complexity index is 712. The molecule has 3 amide bonds. The highest BCUT2D eigenvalue weighted by Crippen LogP contribution is 2.11. The fraction of sp³-hybridized carbons (Fsp3) is 0. The summed E-state index contributed by atoms with van der Waals surface area (Å²) in [5, 5.41) is 4.67. The minimum Gasteiger partial charge on any atom is -0.398 e. The third kappa shape index (κ3) is 4.46. The van der Waals surface area contributed by atoms with Crippen molar-refractivity contribution in [1.82, 2.24) is 10.6 Å². The number of hydrogen-bond donors (Lipinski definition) is 3. The van der Waals surface area contributed by atoms with E-state index < -0.39 is 11.9 Å². The zero-order chi connectivity index (χ0) is 15.9. The molecule has 0 bridgehead atoms. The Labute approximate surface area is 136 Å². The Morgan fingerprint density at radius 2 is 1.73 bits per heavy atom. The number of rotatable bonds is 3. The fourth-order valence-electron chi connectivity index (χ4n) is 1.70. The average molecular weight is 360 g/mol. The van der Waals surface area contributed by atoms with Crippen molar-refractivity contribution in [2.24, 2.45) is 0 Å². The summed E-state index contributed by atoms with van der Waals surface area (Å²) in [4.78, 5) is 23.5. The number of halogens is 1. The number of nitrogens with two attached hydrogens (primary N) is 1. The lowest BCUT2D eigenvalue weighted by molar-refractivity contribution is 0.0965. The van der Waals surface area contributed by atoms with Crippen molar-refractivity contribution in [3.05, 3.63) is 70.3 Å². The van der Waals surface area contributed by atoms with Gasteiger partial charge in [0.1, 0.15) is 0 Å². The van der Waals surface area contributed by atoms with Gasteiger partial charge < -0.3 is 11.1 Å². The molecular formula is C16H14BrN3O2. The summed E-state index contributed by atoms with van der Waals surface area (Å²) in [6.07, 6.45) is 3.17. The Hall–Kier alpha value is -2.60. The molecule has 0 aromatic heterocycles. The number of nitrogens with one attached hydrogen (secondary N) is 2. The van der Waals surface area contributed by atoms with Gasteiger partial charge in [0.15, 0.2) is 0 Å². The average Bonchev–Trinajstić information content (AvgIpc) is 2.49. The molecule has 2 rings (SSSR count). The SMILES string of the molecule is Nc1ccccc1C(=O)NC(=O)N/C=C/c1ccc(Br)cc1. The van der Waals surface area contributed by atoms with Crippen LogP contribution in [0.25, 0.3) is 6.08 Å². The van der Waals surface area contributed by atoms with Crippen LogP contribution in [0, 0.1) is 0 Å². The van der Waals surface area contributed by atoms with Crippen LogP contribution in [0.15, 0.2) is 59.2 Å². The highest BCUT2D eigenvalue weighted by atomic mass is 79.9. The Balaban J connectivity index is 1.89. The van der Waals surface area contributed by atoms with Gasteiger partial charge in [-0.2, -0.15) is 0 Å². The number of carbonyl (C=O) groups excluding carboxylic acids is 2. The molecule has 112 valence electrons. The molecule has 0 saturated carbocycles. The number of carbonyl (C=O) groups is 2. The van der Waals surface area contributed by atoms with E-state index in [1.807, 2.05) is 24.3 Å². The zero-order valence-corrected chi connectivity index (χ0v) is 13.1. The summed E-state index contributed by atoms with van der Waals surface area (Å²) >= 11 is 3.34. The van der Waals surface area contributed by atoms with Crippen molar-refractivity contribution < 1.29 is 9.59 Å². The van der Waals surface area contributed by atoms with Crippen LogP contribution in [0.2, 0.25) is 0 Å². The van der Waals surface area contributed by atoms with E-state index in [4.69, 9.17) is 5.73 Å². The van der Waals surface area contributed by atoms with Crippen LogP contribution in [0.4, 0.5) is 10.5 Å². The highest BCUT2D eigenvalue weighted by molar-refractivity contribution is 9.10. The Morgan fingerprint density at radius 1 is 1.05 bits per heavy atom. The molecule has 0 saturated heterocycles. The molecule has 0 heterocycles. The summed E-state index contributed by atoms with van der Waals surface area (Å²) in [6, 6.07) is 13.5. The monoisotopic (exact) mass is 359 g/mol. The van der Waals surface area contributed by atoms with Crippen LogP contribution in [-0.4, -0.2) is 11.9 Å². The van der Waals surface area contributed by atoms with E-state index in [2.05, 4.69) is 26.6 Å². The van der Waals surface area contributed by atoms with Crippen molar-refractivity contribution >= 4 is 39.6 Å². The molecule has 0 radical (unpaired) electrons. The molecule has 2 aromatic rings. The van der Waals surface area contributed by atoms with Crippen molar-refractivity contribution in [2.45, 2.75) is 0 Å². The summed E-state index contributed by atoms with van der Waals surface area (Å²) in [5.41, 5.74) is 7.17. The van der Waals surface area contributed by atoms with Crippen LogP contribution >= 0.6 is 15.9 Å². The molecule has 0 aliphatic rings. The van der Waals surface area contributed by atoms with E-state index in [9.17, 15) is 9.59 Å². The van der Waals surface area contributed by atoms with Gasteiger partial charge in [-0.3, -0.25) is 10.1 Å². The molecule has 2 aromatic carbocycles. The lowest BCUT2D eigenvalue weighted by Crippen LogP contribution is -2.37. The topological polar surface area (TPSA) is 84.2 Å². The van der Waals surface area contributed by atoms with Gasteiger partial charge in [-0.25, -0.2) is 4.79 Å². The van der Waals surface area contributed by atoms with Gasteiger partial charge in [-0.05, 0) is 35.9 Å². The molecule has 0 fully saturated rings. The maximum absolute atomic E-state index is 11.9. The summed E-state index contributed by atoms with van der Waals surface area (Å²) < 4.78 is 0.974. The lowest BCUT2D eigenvalue weighted by atomic mass is 10.2. The highest BCUT2D eigenvalue weighted by Gasteiger charge is 2.11. The first-order valence-electron chi connectivity index (χ1n) is 6.45. The van der Waals surface area contributed by atoms with E-state index in [-0.39, 0.29) is 5.56 Å². The van der Waals surface area contributed by atoms with E-state index in [0.29, 0.717) is 5.69 Å². The quantitative estimate of drug-likeness (QED) is 0.736. The number of nitrogen functional groups attached to an aromatic ring is 1. The predicted octanol–water partition coefficient (Wildman–Crippen LogP) is 3.14. The minimum absolute atomic E-state index is 0.259. The number of benzene rings is 2. The smallest absolute Gasteiger partial charge is 0.325 e. The number of para-hydroxylation sites is 1. The summed E-state index contributed by atoms with van der Waals surface area (Å²) in [6.45, 7) is 0. The number of hydrogen-bond acceptors (Lipinski definition) is 3. The van der Waals surface area contributed by atoms with Gasteiger partial charge >= 0.3 is 6.03 Å². The van der Waals surface area contributed by atoms with Crippen molar-refractivity contribution in [1.29, 1.82) is 0 Å². The van der Waals surface area contributed by atoms with Gasteiger partial charge in [0, 0.05) is 16.4 Å². The van der Waals surface area contributed by atoms with Gasteiger partial charge in [0.25, 0.3) is 5.91 Å². The van der Waals surface area contributed by atoms with E-state index in [1.165, 1.54) is 6.20 Å². The van der Waals surface area contributed by atoms with Crippen LogP contribution < -0.4 is 16.4 Å². The van der Waals surface area contributed by atoms with Crippen LogP contribution in [0.3, 0.4) is 0 Å². The van der Waals surface area contributed by atoms with Crippen molar-refractivity contribution in [3.8, 4) is 0 Å². The van der Waals surface area contributed by atoms with Gasteiger partial charge in [-0.1, -0.05) is 40.2 Å². The molecule has 5 nitrogen and oxygen atoms in total. The van der Waals surface area contributed by atoms with Crippen molar-refractivity contribution in [3.63, 3.8) is 0 Å². The minimum atomic E-state index is -0.624. The van der Waals surface area contributed by atoms with Gasteiger partial charge in [0.05, 0.1) is 5.56 Å². The summed E-state index contributed by atoms with van der Waals surface area (Å²) in [7, 11) is 0. The second-order valence-electron chi connectivity index (χ2n) is 4.40. The van der Waals surface area contributed by atoms with Gasteiger partial charge in [-0.15, -0.1) is 0 Å². The molecule has 22 heavy (non-hydrogen) atoms. The predicted molar refractivity (Wildman–Crippen MR) is 90.0 cm³/mol. The first kappa shape index (κ1) is 15.8. The number of imide groups is 1. The largest absolute Gasteiger partial charge is 0.398 e. The van der Waals surface area contributed by atoms with Crippen LogP contribution in [-0.2, 0) is 0 Å². The third-order valence-electron chi connectivity index (χ3n) is 2.79. The van der Waals surface area contributed by atoms with Crippen LogP contribution in [0.1, 0.15) is 15.9 Å². The maximum atomic E-state index is 11.9. The second kappa shape index (κ2) is 7.42. The number of amides is 3. The normalized spacial score (nSPS) is 10.4. The van der Waals surface area contributed by atoms with E-state index in [1.54, 1.807) is 30.3 Å². The molecule has 6 heteroatoms. The zero-order valence-electron chi connectivity index (χ0n) is 11.5. The van der Waals surface area contributed by atoms with Gasteiger partial charge in [0.2, 0.25) is 0 Å². The number of urea groups is 1. The van der Waals surface area contributed by atoms with Crippen molar-refractivity contribution in [2.75, 3.05) is 5.73 Å². The first-order valence-corrected chi connectivity index (χ1v) is 7.24. The Morgan fingerprint density at radius 3 is 2.41 bits per heavy atom. The third-order valence-corrected chi connectivity index (χ3v) is 3.32. The molecule has 0 spiro atoms. The number of anilines is 1. The first-order chi connectivity index (χ1) is 10.6. The molecule has 4 N–H and O–H groups in total. The van der Waals surface area contributed by atoms with E-state index in [0.717, 1.165) is 10.0 Å². The van der Waals surface area contributed by atoms with E-state index >= 15 is 0 Å². The molecule has 0 unspecified atom stereocenters. The maximum Gasteiger partial charge on any atom is 0.325 e. The molecule has 0 aliphatic carbocycles. The second-order valence-corrected chi connectivity index (χ2v) is 5.32. The molecule has 0 aliphatic heterocycles. The lowest BCUT2D eigenvalue weighted by Gasteiger charge is -2.05.